The van der Waals surface area contributed by atoms with Gasteiger partial charge in [-0.3, -0.25) is 4.79 Å². The van der Waals surface area contributed by atoms with Gasteiger partial charge >= 0.3 is 5.97 Å². The minimum Gasteiger partial charge on any atom is -0.465 e. The molecule has 3 rings (SSSR count). The first-order valence-electron chi connectivity index (χ1n) is 6.19. The Bertz CT molecular complexity index is 759. The SMILES string of the molecule is COC(=O)c1ccc2c(c1)Nc1cc(Cl)ccc1C(=O)N2. The lowest BCUT2D eigenvalue weighted by atomic mass is 10.1. The highest BCUT2D eigenvalue weighted by molar-refractivity contribution is 6.31. The third-order valence-corrected chi connectivity index (χ3v) is 3.42. The molecule has 0 radical (unpaired) electrons. The van der Waals surface area contributed by atoms with Gasteiger partial charge < -0.3 is 15.4 Å². The van der Waals surface area contributed by atoms with E-state index in [4.69, 9.17) is 16.3 Å². The van der Waals surface area contributed by atoms with E-state index in [-0.39, 0.29) is 5.91 Å². The predicted octanol–water partition coefficient (Wildman–Crippen LogP) is 3.44. The molecule has 2 N–H and O–H groups in total. The zero-order chi connectivity index (χ0) is 15.0. The highest BCUT2D eigenvalue weighted by Crippen LogP contribution is 2.34. The number of carbonyl (C=O) groups excluding carboxylic acids is 2. The summed E-state index contributed by atoms with van der Waals surface area (Å²) in [6.07, 6.45) is 0. The van der Waals surface area contributed by atoms with Gasteiger partial charge in [-0.2, -0.15) is 0 Å². The van der Waals surface area contributed by atoms with Crippen LogP contribution < -0.4 is 10.6 Å². The molecule has 0 saturated heterocycles. The van der Waals surface area contributed by atoms with Crippen molar-refractivity contribution < 1.29 is 14.3 Å². The molecule has 1 amide bonds. The fourth-order valence-corrected chi connectivity index (χ4v) is 2.33. The lowest BCUT2D eigenvalue weighted by molar-refractivity contribution is 0.0600. The number of rotatable bonds is 1. The van der Waals surface area contributed by atoms with E-state index in [1.165, 1.54) is 7.11 Å². The van der Waals surface area contributed by atoms with Gasteiger partial charge in [0.1, 0.15) is 0 Å². The van der Waals surface area contributed by atoms with Crippen LogP contribution in [-0.2, 0) is 4.74 Å². The lowest BCUT2D eigenvalue weighted by Crippen LogP contribution is -2.10. The molecule has 0 aromatic heterocycles. The van der Waals surface area contributed by atoms with Crippen LogP contribution in [0, 0.1) is 0 Å². The van der Waals surface area contributed by atoms with Crippen molar-refractivity contribution >= 4 is 40.5 Å². The molecule has 0 unspecified atom stereocenters. The normalized spacial score (nSPS) is 12.4. The molecule has 5 nitrogen and oxygen atoms in total. The number of ether oxygens (including phenoxy) is 1. The summed E-state index contributed by atoms with van der Waals surface area (Å²) in [5.74, 6) is -0.680. The van der Waals surface area contributed by atoms with Gasteiger partial charge in [-0.15, -0.1) is 0 Å². The molecule has 1 aliphatic rings. The highest BCUT2D eigenvalue weighted by Gasteiger charge is 2.20. The summed E-state index contributed by atoms with van der Waals surface area (Å²) in [5, 5.41) is 6.42. The number of hydrogen-bond donors (Lipinski definition) is 2. The Morgan fingerprint density at radius 3 is 2.62 bits per heavy atom. The zero-order valence-electron chi connectivity index (χ0n) is 11.1. The van der Waals surface area contributed by atoms with E-state index >= 15 is 0 Å². The molecule has 0 fully saturated rings. The van der Waals surface area contributed by atoms with Crippen molar-refractivity contribution in [1.29, 1.82) is 0 Å². The molecule has 0 saturated carbocycles. The molecule has 2 aromatic rings. The van der Waals surface area contributed by atoms with Crippen molar-refractivity contribution in [2.24, 2.45) is 0 Å². The lowest BCUT2D eigenvalue weighted by Gasteiger charge is -2.10. The molecule has 1 heterocycles. The molecule has 0 bridgehead atoms. The summed E-state index contributed by atoms with van der Waals surface area (Å²) < 4.78 is 4.69. The van der Waals surface area contributed by atoms with Crippen LogP contribution in [0.2, 0.25) is 5.02 Å². The Kier molecular flexibility index (Phi) is 3.27. The second kappa shape index (κ2) is 5.10. The van der Waals surface area contributed by atoms with Gasteiger partial charge in [0.15, 0.2) is 0 Å². The molecule has 2 aromatic carbocycles. The van der Waals surface area contributed by atoms with Crippen LogP contribution in [0.4, 0.5) is 17.1 Å². The van der Waals surface area contributed by atoms with Crippen LogP contribution in [0.1, 0.15) is 20.7 Å². The zero-order valence-corrected chi connectivity index (χ0v) is 11.8. The highest BCUT2D eigenvalue weighted by atomic mass is 35.5. The van der Waals surface area contributed by atoms with E-state index < -0.39 is 5.97 Å². The van der Waals surface area contributed by atoms with Gasteiger partial charge in [-0.25, -0.2) is 4.79 Å². The second-order valence-corrected chi connectivity index (χ2v) is 4.96. The van der Waals surface area contributed by atoms with Crippen LogP contribution in [0.3, 0.4) is 0 Å². The molecule has 21 heavy (non-hydrogen) atoms. The van der Waals surface area contributed by atoms with E-state index in [1.807, 2.05) is 0 Å². The van der Waals surface area contributed by atoms with E-state index in [2.05, 4.69) is 10.6 Å². The van der Waals surface area contributed by atoms with Gasteiger partial charge in [0.05, 0.1) is 35.3 Å². The molecule has 0 aliphatic carbocycles. The Hall–Kier alpha value is -2.53. The van der Waals surface area contributed by atoms with E-state index in [9.17, 15) is 9.59 Å². The largest absolute Gasteiger partial charge is 0.465 e. The number of amides is 1. The molecule has 0 spiro atoms. The number of benzene rings is 2. The van der Waals surface area contributed by atoms with Crippen LogP contribution >= 0.6 is 11.6 Å². The molecule has 106 valence electrons. The van der Waals surface area contributed by atoms with Gasteiger partial charge in [0.25, 0.3) is 5.91 Å². The average molecular weight is 303 g/mol. The van der Waals surface area contributed by atoms with Crippen LogP contribution in [0.5, 0.6) is 0 Å². The fraction of sp³-hybridized carbons (Fsp3) is 0.0667. The first-order chi connectivity index (χ1) is 10.1. The van der Waals surface area contributed by atoms with Crippen LogP contribution in [0.15, 0.2) is 36.4 Å². The third-order valence-electron chi connectivity index (χ3n) is 3.18. The van der Waals surface area contributed by atoms with Gasteiger partial charge in [0, 0.05) is 5.02 Å². The predicted molar refractivity (Wildman–Crippen MR) is 80.5 cm³/mol. The summed E-state index contributed by atoms with van der Waals surface area (Å²) in [6, 6.07) is 9.83. The number of nitrogens with one attached hydrogen (secondary N) is 2. The Labute approximate surface area is 125 Å². The quantitative estimate of drug-likeness (QED) is 0.792. The van der Waals surface area contributed by atoms with E-state index in [0.717, 1.165) is 0 Å². The summed E-state index contributed by atoms with van der Waals surface area (Å²) in [4.78, 5) is 23.8. The van der Waals surface area contributed by atoms with Crippen molar-refractivity contribution in [3.8, 4) is 0 Å². The molecular formula is C15H11ClN2O3. The van der Waals surface area contributed by atoms with Gasteiger partial charge in [-0.1, -0.05) is 11.6 Å². The Morgan fingerprint density at radius 1 is 1.05 bits per heavy atom. The number of hydrogen-bond acceptors (Lipinski definition) is 4. The van der Waals surface area contributed by atoms with Crippen LogP contribution in [0.25, 0.3) is 0 Å². The van der Waals surface area contributed by atoms with Crippen molar-refractivity contribution in [3.05, 3.63) is 52.5 Å². The monoisotopic (exact) mass is 302 g/mol. The second-order valence-electron chi connectivity index (χ2n) is 4.52. The first-order valence-corrected chi connectivity index (χ1v) is 6.56. The maximum Gasteiger partial charge on any atom is 0.337 e. The standard InChI is InChI=1S/C15H11ClN2O3/c1-21-15(20)8-2-5-11-13(6-8)17-12-7-9(16)3-4-10(12)14(19)18-11/h2-7,17H,1H3,(H,18,19). The smallest absolute Gasteiger partial charge is 0.337 e. The topological polar surface area (TPSA) is 67.4 Å². The summed E-state index contributed by atoms with van der Waals surface area (Å²) in [5.41, 5.74) is 2.65. The summed E-state index contributed by atoms with van der Waals surface area (Å²) in [6.45, 7) is 0. The number of anilines is 3. The number of fused-ring (bicyclic) bond motifs is 2. The van der Waals surface area contributed by atoms with E-state index in [1.54, 1.807) is 36.4 Å². The number of methoxy groups -OCH3 is 1. The molecule has 0 atom stereocenters. The minimum absolute atomic E-state index is 0.237. The number of halogens is 1. The summed E-state index contributed by atoms with van der Waals surface area (Å²) >= 11 is 5.96. The molecule has 6 heteroatoms. The maximum atomic E-state index is 12.2. The van der Waals surface area contributed by atoms with E-state index in [0.29, 0.717) is 33.2 Å². The average Bonchev–Trinajstić information content (AvgIpc) is 2.61. The van der Waals surface area contributed by atoms with Gasteiger partial charge in [0.2, 0.25) is 0 Å². The number of esters is 1. The van der Waals surface area contributed by atoms with Crippen molar-refractivity contribution in [1.82, 2.24) is 0 Å². The number of carbonyl (C=O) groups is 2. The maximum absolute atomic E-state index is 12.2. The summed E-state index contributed by atoms with van der Waals surface area (Å²) in [7, 11) is 1.32. The minimum atomic E-state index is -0.443. The molecule has 1 aliphatic heterocycles. The van der Waals surface area contributed by atoms with Crippen molar-refractivity contribution in [2.45, 2.75) is 0 Å². The Morgan fingerprint density at radius 2 is 1.86 bits per heavy atom. The molecular weight excluding hydrogens is 292 g/mol. The Balaban J connectivity index is 2.10. The van der Waals surface area contributed by atoms with Crippen LogP contribution in [-0.4, -0.2) is 19.0 Å². The van der Waals surface area contributed by atoms with Crippen molar-refractivity contribution in [3.63, 3.8) is 0 Å². The first kappa shape index (κ1) is 13.5. The third kappa shape index (κ3) is 2.43. The fourth-order valence-electron chi connectivity index (χ4n) is 2.15. The van der Waals surface area contributed by atoms with Gasteiger partial charge in [-0.05, 0) is 36.4 Å². The van der Waals surface area contributed by atoms with Crippen molar-refractivity contribution in [2.75, 3.05) is 17.7 Å².